The van der Waals surface area contributed by atoms with Crippen LogP contribution < -0.4 is 20.3 Å². The van der Waals surface area contributed by atoms with E-state index in [-0.39, 0.29) is 24.1 Å². The summed E-state index contributed by atoms with van der Waals surface area (Å²) in [5, 5.41) is 5.64. The quantitative estimate of drug-likeness (QED) is 0.544. The summed E-state index contributed by atoms with van der Waals surface area (Å²) in [5.41, 5.74) is 2.56. The van der Waals surface area contributed by atoms with Crippen molar-refractivity contribution in [2.24, 2.45) is 0 Å². The maximum Gasteiger partial charge on any atom is 0.255 e. The molecule has 2 N–H and O–H groups in total. The van der Waals surface area contributed by atoms with Crippen molar-refractivity contribution in [3.05, 3.63) is 78.4 Å². The number of hydrogen-bond donors (Lipinski definition) is 2. The summed E-state index contributed by atoms with van der Waals surface area (Å²) >= 11 is 1.51. The van der Waals surface area contributed by atoms with Crippen LogP contribution in [0.25, 0.3) is 0 Å². The van der Waals surface area contributed by atoms with Crippen LogP contribution in [0, 0.1) is 0 Å². The first-order valence-corrected chi connectivity index (χ1v) is 11.4. The highest BCUT2D eigenvalue weighted by molar-refractivity contribution is 8.00. The lowest BCUT2D eigenvalue weighted by molar-refractivity contribution is -0.117. The lowest BCUT2D eigenvalue weighted by atomic mass is 10.2. The monoisotopic (exact) mass is 461 g/mol. The number of para-hydroxylation sites is 1. The van der Waals surface area contributed by atoms with Crippen molar-refractivity contribution >= 4 is 46.5 Å². The van der Waals surface area contributed by atoms with Crippen LogP contribution >= 0.6 is 11.8 Å². The van der Waals surface area contributed by atoms with Gasteiger partial charge < -0.3 is 20.3 Å². The Morgan fingerprint density at radius 1 is 0.939 bits per heavy atom. The first-order chi connectivity index (χ1) is 16.0. The highest BCUT2D eigenvalue weighted by Gasteiger charge is 2.24. The van der Waals surface area contributed by atoms with E-state index in [9.17, 15) is 14.4 Å². The van der Waals surface area contributed by atoms with Crippen LogP contribution in [0.1, 0.15) is 16.8 Å². The third kappa shape index (κ3) is 5.53. The Morgan fingerprint density at radius 2 is 1.61 bits per heavy atom. The zero-order valence-corrected chi connectivity index (χ0v) is 18.9. The van der Waals surface area contributed by atoms with Gasteiger partial charge in [-0.1, -0.05) is 12.1 Å². The highest BCUT2D eigenvalue weighted by atomic mass is 32.2. The minimum atomic E-state index is -0.252. The van der Waals surface area contributed by atoms with Gasteiger partial charge in [-0.05, 0) is 60.7 Å². The first-order valence-electron chi connectivity index (χ1n) is 10.4. The summed E-state index contributed by atoms with van der Waals surface area (Å²) in [5.74, 6) is 0.630. The van der Waals surface area contributed by atoms with E-state index in [1.807, 2.05) is 24.3 Å². The Labute approximate surface area is 196 Å². The number of hydrogen-bond acceptors (Lipinski definition) is 5. The second-order valence-corrected chi connectivity index (χ2v) is 8.38. The van der Waals surface area contributed by atoms with Gasteiger partial charge in [0.05, 0.1) is 18.6 Å². The minimum Gasteiger partial charge on any atom is -0.497 e. The second-order valence-electron chi connectivity index (χ2n) is 7.36. The van der Waals surface area contributed by atoms with Crippen LogP contribution in [-0.4, -0.2) is 37.1 Å². The minimum absolute atomic E-state index is 0.00118. The van der Waals surface area contributed by atoms with Gasteiger partial charge in [0.25, 0.3) is 5.91 Å². The summed E-state index contributed by atoms with van der Waals surface area (Å²) < 4.78 is 5.11. The predicted molar refractivity (Wildman–Crippen MR) is 130 cm³/mol. The SMILES string of the molecule is COc1ccc(NC(=O)c2ccc(NC(=O)CCN3C(=O)CSc4ccccc43)cc2)cc1. The lowest BCUT2D eigenvalue weighted by Gasteiger charge is -2.28. The number of benzene rings is 3. The molecule has 0 saturated carbocycles. The molecule has 0 aromatic heterocycles. The molecule has 1 heterocycles. The standard InChI is InChI=1S/C25H23N3O4S/c1-32-20-12-10-19(11-13-20)27-25(31)17-6-8-18(9-7-17)26-23(29)14-15-28-21-4-2-3-5-22(21)33-16-24(28)30/h2-13H,14-16H2,1H3,(H,26,29)(H,27,31). The summed E-state index contributed by atoms with van der Waals surface area (Å²) in [6.45, 7) is 0.310. The fourth-order valence-electron chi connectivity index (χ4n) is 3.42. The molecule has 1 aliphatic heterocycles. The van der Waals surface area contributed by atoms with E-state index in [1.54, 1.807) is 60.5 Å². The van der Waals surface area contributed by atoms with E-state index < -0.39 is 0 Å². The molecule has 4 rings (SSSR count). The number of ether oxygens (including phenoxy) is 1. The smallest absolute Gasteiger partial charge is 0.255 e. The van der Waals surface area contributed by atoms with E-state index in [1.165, 1.54) is 11.8 Å². The number of methoxy groups -OCH3 is 1. The molecule has 0 aliphatic carbocycles. The maximum absolute atomic E-state index is 12.4. The van der Waals surface area contributed by atoms with Gasteiger partial charge in [-0.2, -0.15) is 0 Å². The molecule has 1 aliphatic rings. The number of carbonyl (C=O) groups excluding carboxylic acids is 3. The zero-order valence-electron chi connectivity index (χ0n) is 18.0. The van der Waals surface area contributed by atoms with E-state index in [0.29, 0.717) is 35.0 Å². The summed E-state index contributed by atoms with van der Waals surface area (Å²) in [6.07, 6.45) is 0.171. The summed E-state index contributed by atoms with van der Waals surface area (Å²) in [7, 11) is 1.58. The van der Waals surface area contributed by atoms with Gasteiger partial charge in [-0.15, -0.1) is 11.8 Å². The number of amides is 3. The molecule has 0 bridgehead atoms. The van der Waals surface area contributed by atoms with E-state index >= 15 is 0 Å². The number of thioether (sulfide) groups is 1. The second kappa shape index (κ2) is 10.2. The van der Waals surface area contributed by atoms with Crippen molar-refractivity contribution in [3.63, 3.8) is 0 Å². The summed E-state index contributed by atoms with van der Waals surface area (Å²) in [6, 6.07) is 21.4. The number of nitrogens with one attached hydrogen (secondary N) is 2. The van der Waals surface area contributed by atoms with Crippen LogP contribution in [0.4, 0.5) is 17.1 Å². The van der Waals surface area contributed by atoms with Gasteiger partial charge >= 0.3 is 0 Å². The van der Waals surface area contributed by atoms with Gasteiger partial charge in [0.2, 0.25) is 11.8 Å². The van der Waals surface area contributed by atoms with Crippen molar-refractivity contribution in [2.75, 3.05) is 34.9 Å². The Balaban J connectivity index is 1.31. The van der Waals surface area contributed by atoms with Gasteiger partial charge in [0.15, 0.2) is 0 Å². The molecule has 3 aromatic rings. The third-order valence-electron chi connectivity index (χ3n) is 5.15. The lowest BCUT2D eigenvalue weighted by Crippen LogP contribution is -2.37. The molecule has 3 amide bonds. The average Bonchev–Trinajstić information content (AvgIpc) is 2.84. The third-order valence-corrected chi connectivity index (χ3v) is 6.20. The average molecular weight is 462 g/mol. The number of rotatable bonds is 7. The highest BCUT2D eigenvalue weighted by Crippen LogP contribution is 2.34. The zero-order chi connectivity index (χ0) is 23.2. The fraction of sp³-hybridized carbons (Fsp3) is 0.160. The number of fused-ring (bicyclic) bond motifs is 1. The van der Waals surface area contributed by atoms with Gasteiger partial charge in [-0.25, -0.2) is 0 Å². The van der Waals surface area contributed by atoms with Crippen molar-refractivity contribution in [3.8, 4) is 5.75 Å². The molecule has 0 unspecified atom stereocenters. The van der Waals surface area contributed by atoms with Crippen LogP contribution in [0.3, 0.4) is 0 Å². The topological polar surface area (TPSA) is 87.7 Å². The number of carbonyl (C=O) groups is 3. The van der Waals surface area contributed by atoms with Gasteiger partial charge in [0, 0.05) is 34.8 Å². The molecule has 3 aromatic carbocycles. The molecular weight excluding hydrogens is 438 g/mol. The van der Waals surface area contributed by atoms with Crippen LogP contribution in [0.2, 0.25) is 0 Å². The molecule has 0 fully saturated rings. The van der Waals surface area contributed by atoms with Gasteiger partial charge in [0.1, 0.15) is 5.75 Å². The number of anilines is 3. The van der Waals surface area contributed by atoms with Crippen molar-refractivity contribution in [2.45, 2.75) is 11.3 Å². The molecule has 0 spiro atoms. The Morgan fingerprint density at radius 3 is 2.33 bits per heavy atom. The first kappa shape index (κ1) is 22.4. The fourth-order valence-corrected chi connectivity index (χ4v) is 4.35. The van der Waals surface area contributed by atoms with E-state index in [2.05, 4.69) is 10.6 Å². The number of nitrogens with zero attached hydrogens (tertiary/aromatic N) is 1. The predicted octanol–water partition coefficient (Wildman–Crippen LogP) is 4.42. The van der Waals surface area contributed by atoms with E-state index in [4.69, 9.17) is 4.74 Å². The van der Waals surface area contributed by atoms with Gasteiger partial charge in [-0.3, -0.25) is 14.4 Å². The Bertz CT molecular complexity index is 1160. The normalized spacial score (nSPS) is 12.6. The van der Waals surface area contributed by atoms with Crippen LogP contribution in [-0.2, 0) is 9.59 Å². The maximum atomic E-state index is 12.4. The summed E-state index contributed by atoms with van der Waals surface area (Å²) in [4.78, 5) is 39.9. The Kier molecular flexibility index (Phi) is 6.95. The molecule has 33 heavy (non-hydrogen) atoms. The molecule has 0 atom stereocenters. The van der Waals surface area contributed by atoms with Crippen molar-refractivity contribution < 1.29 is 19.1 Å². The molecule has 0 radical (unpaired) electrons. The largest absolute Gasteiger partial charge is 0.497 e. The molecule has 168 valence electrons. The van der Waals surface area contributed by atoms with Crippen LogP contribution in [0.15, 0.2) is 77.7 Å². The Hall–Kier alpha value is -3.78. The van der Waals surface area contributed by atoms with E-state index in [0.717, 1.165) is 10.6 Å². The molecule has 7 nitrogen and oxygen atoms in total. The molecular formula is C25H23N3O4S. The molecule has 0 saturated heterocycles. The molecule has 8 heteroatoms. The van der Waals surface area contributed by atoms with Crippen molar-refractivity contribution in [1.29, 1.82) is 0 Å². The van der Waals surface area contributed by atoms with Crippen LogP contribution in [0.5, 0.6) is 5.75 Å². The van der Waals surface area contributed by atoms with Crippen molar-refractivity contribution in [1.82, 2.24) is 0 Å².